The highest BCUT2D eigenvalue weighted by Crippen LogP contribution is 2.21. The SMILES string of the molecule is Cn1cc(C#N)c(-c2ccc(CO)cc2)n1. The van der Waals surface area contributed by atoms with E-state index in [0.717, 1.165) is 11.1 Å². The van der Waals surface area contributed by atoms with Crippen molar-refractivity contribution in [3.63, 3.8) is 0 Å². The number of rotatable bonds is 2. The molecule has 0 atom stereocenters. The Morgan fingerprint density at radius 2 is 2.06 bits per heavy atom. The van der Waals surface area contributed by atoms with Gasteiger partial charge in [-0.25, -0.2) is 0 Å². The molecule has 4 nitrogen and oxygen atoms in total. The molecule has 0 saturated carbocycles. The summed E-state index contributed by atoms with van der Waals surface area (Å²) >= 11 is 0. The monoisotopic (exact) mass is 213 g/mol. The number of nitriles is 1. The molecule has 0 spiro atoms. The summed E-state index contributed by atoms with van der Waals surface area (Å²) in [6.45, 7) is 0.0214. The van der Waals surface area contributed by atoms with Crippen LogP contribution in [0.15, 0.2) is 30.5 Å². The number of hydrogen-bond acceptors (Lipinski definition) is 3. The topological polar surface area (TPSA) is 61.8 Å². The minimum absolute atomic E-state index is 0.0214. The third-order valence-corrected chi connectivity index (χ3v) is 2.36. The number of aliphatic hydroxyl groups is 1. The Morgan fingerprint density at radius 3 is 2.62 bits per heavy atom. The van der Waals surface area contributed by atoms with Gasteiger partial charge in [0.05, 0.1) is 12.2 Å². The van der Waals surface area contributed by atoms with Crippen LogP contribution in [0, 0.1) is 11.3 Å². The Morgan fingerprint density at radius 1 is 1.38 bits per heavy atom. The summed E-state index contributed by atoms with van der Waals surface area (Å²) in [5, 5.41) is 22.1. The van der Waals surface area contributed by atoms with Gasteiger partial charge in [-0.2, -0.15) is 10.4 Å². The molecule has 0 saturated heterocycles. The minimum atomic E-state index is 0.0214. The van der Waals surface area contributed by atoms with E-state index in [9.17, 15) is 0 Å². The molecule has 80 valence electrons. The summed E-state index contributed by atoms with van der Waals surface area (Å²) < 4.78 is 1.62. The zero-order chi connectivity index (χ0) is 11.5. The minimum Gasteiger partial charge on any atom is -0.392 e. The molecule has 0 aliphatic carbocycles. The molecule has 4 heteroatoms. The van der Waals surface area contributed by atoms with Gasteiger partial charge in [0.25, 0.3) is 0 Å². The van der Waals surface area contributed by atoms with Crippen LogP contribution in [-0.2, 0) is 13.7 Å². The van der Waals surface area contributed by atoms with Gasteiger partial charge in [-0.3, -0.25) is 4.68 Å². The van der Waals surface area contributed by atoms with E-state index in [0.29, 0.717) is 11.3 Å². The summed E-state index contributed by atoms with van der Waals surface area (Å²) in [4.78, 5) is 0. The van der Waals surface area contributed by atoms with Crippen LogP contribution >= 0.6 is 0 Å². The van der Waals surface area contributed by atoms with E-state index < -0.39 is 0 Å². The molecule has 0 bridgehead atoms. The van der Waals surface area contributed by atoms with Crippen molar-refractivity contribution in [2.45, 2.75) is 6.61 Å². The van der Waals surface area contributed by atoms with Crippen LogP contribution in [0.2, 0.25) is 0 Å². The fourth-order valence-electron chi connectivity index (χ4n) is 1.55. The highest BCUT2D eigenvalue weighted by molar-refractivity contribution is 5.66. The van der Waals surface area contributed by atoms with Crippen LogP contribution in [0.5, 0.6) is 0 Å². The van der Waals surface area contributed by atoms with Crippen molar-refractivity contribution in [1.82, 2.24) is 9.78 Å². The van der Waals surface area contributed by atoms with Gasteiger partial charge in [0.1, 0.15) is 11.8 Å². The fraction of sp³-hybridized carbons (Fsp3) is 0.167. The maximum Gasteiger partial charge on any atom is 0.110 e. The summed E-state index contributed by atoms with van der Waals surface area (Å²) in [7, 11) is 1.78. The molecule has 0 aliphatic rings. The summed E-state index contributed by atoms with van der Waals surface area (Å²) in [5.74, 6) is 0. The lowest BCUT2D eigenvalue weighted by Gasteiger charge is -1.99. The van der Waals surface area contributed by atoms with Crippen molar-refractivity contribution in [1.29, 1.82) is 5.26 Å². The molecule has 1 aromatic heterocycles. The fourth-order valence-corrected chi connectivity index (χ4v) is 1.55. The van der Waals surface area contributed by atoms with E-state index in [-0.39, 0.29) is 6.61 Å². The lowest BCUT2D eigenvalue weighted by atomic mass is 10.1. The van der Waals surface area contributed by atoms with E-state index in [1.807, 2.05) is 24.3 Å². The molecule has 1 heterocycles. The van der Waals surface area contributed by atoms with Gasteiger partial charge in [-0.05, 0) is 5.56 Å². The van der Waals surface area contributed by atoms with Crippen molar-refractivity contribution in [3.8, 4) is 17.3 Å². The van der Waals surface area contributed by atoms with E-state index in [2.05, 4.69) is 11.2 Å². The normalized spacial score (nSPS) is 10.1. The van der Waals surface area contributed by atoms with Gasteiger partial charge < -0.3 is 5.11 Å². The highest BCUT2D eigenvalue weighted by atomic mass is 16.3. The lowest BCUT2D eigenvalue weighted by molar-refractivity contribution is 0.282. The van der Waals surface area contributed by atoms with Gasteiger partial charge in [0, 0.05) is 18.8 Å². The maximum atomic E-state index is 8.95. The first kappa shape index (κ1) is 10.4. The first-order valence-corrected chi connectivity index (χ1v) is 4.88. The summed E-state index contributed by atoms with van der Waals surface area (Å²) in [6.07, 6.45) is 1.69. The van der Waals surface area contributed by atoms with E-state index in [1.165, 1.54) is 0 Å². The summed E-state index contributed by atoms with van der Waals surface area (Å²) in [6, 6.07) is 9.47. The van der Waals surface area contributed by atoms with Crippen LogP contribution in [0.25, 0.3) is 11.3 Å². The van der Waals surface area contributed by atoms with Gasteiger partial charge in [-0.15, -0.1) is 0 Å². The Bertz CT molecular complexity index is 534. The van der Waals surface area contributed by atoms with E-state index >= 15 is 0 Å². The predicted octanol–water partition coefficient (Wildman–Crippen LogP) is 1.45. The second-order valence-corrected chi connectivity index (χ2v) is 3.53. The molecule has 0 radical (unpaired) electrons. The Balaban J connectivity index is 2.46. The number of hydrogen-bond donors (Lipinski definition) is 1. The van der Waals surface area contributed by atoms with E-state index in [4.69, 9.17) is 10.4 Å². The Labute approximate surface area is 93.4 Å². The molecule has 0 amide bonds. The van der Waals surface area contributed by atoms with Crippen LogP contribution in [0.4, 0.5) is 0 Å². The van der Waals surface area contributed by atoms with Crippen molar-refractivity contribution in [2.24, 2.45) is 7.05 Å². The smallest absolute Gasteiger partial charge is 0.110 e. The molecule has 1 aromatic carbocycles. The van der Waals surface area contributed by atoms with Crippen LogP contribution < -0.4 is 0 Å². The molecular formula is C12H11N3O. The zero-order valence-electron chi connectivity index (χ0n) is 8.88. The van der Waals surface area contributed by atoms with Gasteiger partial charge in [0.15, 0.2) is 0 Å². The third kappa shape index (κ3) is 1.81. The highest BCUT2D eigenvalue weighted by Gasteiger charge is 2.09. The summed E-state index contributed by atoms with van der Waals surface area (Å²) in [5.41, 5.74) is 2.96. The average Bonchev–Trinajstić information content (AvgIpc) is 2.70. The Hall–Kier alpha value is -2.12. The predicted molar refractivity (Wildman–Crippen MR) is 59.3 cm³/mol. The van der Waals surface area contributed by atoms with Crippen molar-refractivity contribution < 1.29 is 5.11 Å². The first-order chi connectivity index (χ1) is 7.74. The lowest BCUT2D eigenvalue weighted by Crippen LogP contribution is -1.88. The molecule has 1 N–H and O–H groups in total. The molecule has 2 aromatic rings. The van der Waals surface area contributed by atoms with Crippen molar-refractivity contribution in [3.05, 3.63) is 41.6 Å². The largest absolute Gasteiger partial charge is 0.392 e. The number of aryl methyl sites for hydroxylation is 1. The number of aliphatic hydroxyl groups excluding tert-OH is 1. The van der Waals surface area contributed by atoms with Crippen molar-refractivity contribution >= 4 is 0 Å². The third-order valence-electron chi connectivity index (χ3n) is 2.36. The molecule has 0 fully saturated rings. The average molecular weight is 213 g/mol. The van der Waals surface area contributed by atoms with Crippen LogP contribution in [0.3, 0.4) is 0 Å². The zero-order valence-corrected chi connectivity index (χ0v) is 8.88. The van der Waals surface area contributed by atoms with Crippen LogP contribution in [0.1, 0.15) is 11.1 Å². The molecule has 0 aliphatic heterocycles. The van der Waals surface area contributed by atoms with E-state index in [1.54, 1.807) is 17.9 Å². The number of nitrogens with zero attached hydrogens (tertiary/aromatic N) is 3. The Kier molecular flexibility index (Phi) is 2.71. The van der Waals surface area contributed by atoms with Gasteiger partial charge >= 0.3 is 0 Å². The molecule has 16 heavy (non-hydrogen) atoms. The first-order valence-electron chi connectivity index (χ1n) is 4.88. The molecule has 2 rings (SSSR count). The number of aromatic nitrogens is 2. The quantitative estimate of drug-likeness (QED) is 0.821. The van der Waals surface area contributed by atoms with Gasteiger partial charge in [0.2, 0.25) is 0 Å². The second-order valence-electron chi connectivity index (χ2n) is 3.53. The maximum absolute atomic E-state index is 8.95. The number of benzene rings is 1. The molecule has 0 unspecified atom stereocenters. The van der Waals surface area contributed by atoms with Crippen molar-refractivity contribution in [2.75, 3.05) is 0 Å². The second kappa shape index (κ2) is 4.17. The van der Waals surface area contributed by atoms with Gasteiger partial charge in [-0.1, -0.05) is 24.3 Å². The molecular weight excluding hydrogens is 202 g/mol. The standard InChI is InChI=1S/C12H11N3O/c1-15-7-11(6-13)12(14-15)10-4-2-9(8-16)3-5-10/h2-5,7,16H,8H2,1H3. The van der Waals surface area contributed by atoms with Crippen LogP contribution in [-0.4, -0.2) is 14.9 Å².